The van der Waals surface area contributed by atoms with Gasteiger partial charge in [-0.25, -0.2) is 0 Å². The normalized spacial score (nSPS) is 17.7. The highest BCUT2D eigenvalue weighted by atomic mass is 16.5. The number of carbonyl (C=O) groups excluding carboxylic acids is 3. The highest BCUT2D eigenvalue weighted by molar-refractivity contribution is 6.25. The number of cyclic esters (lactones) is 1. The summed E-state index contributed by atoms with van der Waals surface area (Å²) in [5, 5.41) is 0. The number of hydrogen-bond donors (Lipinski definition) is 0. The SMILES string of the molecule is COc1cc(/C=C/C(=O)[C@H]2C(=O)C=C(C)OC2=O)cc(OC)c1. The Labute approximate surface area is 133 Å². The maximum absolute atomic E-state index is 12.1. The first-order valence-corrected chi connectivity index (χ1v) is 6.83. The van der Waals surface area contributed by atoms with Gasteiger partial charge in [0.2, 0.25) is 0 Å². The zero-order chi connectivity index (χ0) is 17.0. The van der Waals surface area contributed by atoms with Crippen molar-refractivity contribution >= 4 is 23.6 Å². The summed E-state index contributed by atoms with van der Waals surface area (Å²) in [5.41, 5.74) is 0.637. The Bertz CT molecular complexity index is 692. The average Bonchev–Trinajstić information content (AvgIpc) is 2.51. The van der Waals surface area contributed by atoms with Crippen molar-refractivity contribution in [1.29, 1.82) is 0 Å². The summed E-state index contributed by atoms with van der Waals surface area (Å²) in [4.78, 5) is 35.6. The Morgan fingerprint density at radius 2 is 1.74 bits per heavy atom. The van der Waals surface area contributed by atoms with Crippen LogP contribution in [0.25, 0.3) is 6.08 Å². The van der Waals surface area contributed by atoms with Gasteiger partial charge in [0.1, 0.15) is 17.3 Å². The monoisotopic (exact) mass is 316 g/mol. The van der Waals surface area contributed by atoms with Crippen LogP contribution in [0.15, 0.2) is 36.1 Å². The third kappa shape index (κ3) is 3.85. The van der Waals surface area contributed by atoms with Gasteiger partial charge < -0.3 is 14.2 Å². The molecule has 0 aromatic heterocycles. The van der Waals surface area contributed by atoms with Gasteiger partial charge in [0.05, 0.1) is 14.2 Å². The van der Waals surface area contributed by atoms with Crippen molar-refractivity contribution in [2.45, 2.75) is 6.92 Å². The lowest BCUT2D eigenvalue weighted by Gasteiger charge is -2.15. The average molecular weight is 316 g/mol. The van der Waals surface area contributed by atoms with Crippen LogP contribution in [-0.2, 0) is 19.1 Å². The second kappa shape index (κ2) is 6.91. The molecule has 0 amide bonds. The molecule has 0 aliphatic carbocycles. The molecule has 0 saturated carbocycles. The lowest BCUT2D eigenvalue weighted by Crippen LogP contribution is -2.34. The Morgan fingerprint density at radius 1 is 1.13 bits per heavy atom. The van der Waals surface area contributed by atoms with Crippen LogP contribution in [0, 0.1) is 5.92 Å². The van der Waals surface area contributed by atoms with Crippen LogP contribution < -0.4 is 9.47 Å². The Balaban J connectivity index is 2.21. The molecule has 1 aromatic rings. The van der Waals surface area contributed by atoms with Crippen LogP contribution in [0.1, 0.15) is 12.5 Å². The molecule has 1 atom stereocenters. The van der Waals surface area contributed by atoms with E-state index in [-0.39, 0.29) is 5.76 Å². The van der Waals surface area contributed by atoms with Gasteiger partial charge in [0, 0.05) is 12.1 Å². The molecule has 1 heterocycles. The molecule has 1 aromatic carbocycles. The van der Waals surface area contributed by atoms with Crippen molar-refractivity contribution in [2.24, 2.45) is 5.92 Å². The topological polar surface area (TPSA) is 78.9 Å². The molecule has 120 valence electrons. The van der Waals surface area contributed by atoms with Gasteiger partial charge in [-0.15, -0.1) is 0 Å². The molecule has 1 aliphatic rings. The predicted molar refractivity (Wildman–Crippen MR) is 81.9 cm³/mol. The van der Waals surface area contributed by atoms with Crippen molar-refractivity contribution < 1.29 is 28.6 Å². The number of ketones is 2. The first-order chi connectivity index (χ1) is 10.9. The summed E-state index contributed by atoms with van der Waals surface area (Å²) >= 11 is 0. The van der Waals surface area contributed by atoms with Crippen LogP contribution in [-0.4, -0.2) is 31.8 Å². The maximum Gasteiger partial charge on any atom is 0.329 e. The Kier molecular flexibility index (Phi) is 4.95. The number of esters is 1. The molecular weight excluding hydrogens is 300 g/mol. The molecule has 6 nitrogen and oxygen atoms in total. The summed E-state index contributed by atoms with van der Waals surface area (Å²) in [6.45, 7) is 1.48. The molecule has 0 radical (unpaired) electrons. The maximum atomic E-state index is 12.1. The van der Waals surface area contributed by atoms with Gasteiger partial charge in [0.15, 0.2) is 17.5 Å². The van der Waals surface area contributed by atoms with Crippen molar-refractivity contribution in [3.05, 3.63) is 41.7 Å². The minimum absolute atomic E-state index is 0.186. The van der Waals surface area contributed by atoms with E-state index in [0.717, 1.165) is 6.08 Å². The quantitative estimate of drug-likeness (QED) is 0.469. The molecule has 0 fully saturated rings. The highest BCUT2D eigenvalue weighted by Gasteiger charge is 2.36. The van der Waals surface area contributed by atoms with E-state index in [1.807, 2.05) is 0 Å². The molecule has 2 rings (SSSR count). The number of rotatable bonds is 5. The number of ether oxygens (including phenoxy) is 3. The number of hydrogen-bond acceptors (Lipinski definition) is 6. The van der Waals surface area contributed by atoms with E-state index in [0.29, 0.717) is 17.1 Å². The van der Waals surface area contributed by atoms with E-state index in [2.05, 4.69) is 0 Å². The van der Waals surface area contributed by atoms with E-state index in [9.17, 15) is 14.4 Å². The third-order valence-electron chi connectivity index (χ3n) is 3.23. The Morgan fingerprint density at radius 3 is 2.26 bits per heavy atom. The van der Waals surface area contributed by atoms with Crippen molar-refractivity contribution in [3.8, 4) is 11.5 Å². The lowest BCUT2D eigenvalue weighted by atomic mass is 9.96. The second-order valence-corrected chi connectivity index (χ2v) is 4.89. The smallest absolute Gasteiger partial charge is 0.329 e. The van der Waals surface area contributed by atoms with Crippen LogP contribution >= 0.6 is 0 Å². The number of benzene rings is 1. The summed E-state index contributed by atoms with van der Waals surface area (Å²) in [5.74, 6) is -2.20. The zero-order valence-corrected chi connectivity index (χ0v) is 13.0. The molecular formula is C17H16O6. The first-order valence-electron chi connectivity index (χ1n) is 6.83. The van der Waals surface area contributed by atoms with Gasteiger partial charge in [-0.3, -0.25) is 14.4 Å². The molecule has 0 bridgehead atoms. The molecule has 0 saturated heterocycles. The fourth-order valence-corrected chi connectivity index (χ4v) is 2.10. The molecule has 0 spiro atoms. The summed E-state index contributed by atoms with van der Waals surface area (Å²) < 4.78 is 15.1. The van der Waals surface area contributed by atoms with E-state index in [4.69, 9.17) is 14.2 Å². The molecule has 0 unspecified atom stereocenters. The van der Waals surface area contributed by atoms with E-state index in [1.54, 1.807) is 18.2 Å². The zero-order valence-electron chi connectivity index (χ0n) is 13.0. The van der Waals surface area contributed by atoms with Crippen LogP contribution in [0.2, 0.25) is 0 Å². The van der Waals surface area contributed by atoms with Gasteiger partial charge >= 0.3 is 5.97 Å². The van der Waals surface area contributed by atoms with Gasteiger partial charge in [-0.2, -0.15) is 0 Å². The summed E-state index contributed by atoms with van der Waals surface area (Å²) in [6, 6.07) is 5.07. The van der Waals surface area contributed by atoms with Crippen LogP contribution in [0.3, 0.4) is 0 Å². The summed E-state index contributed by atoms with van der Waals surface area (Å²) in [7, 11) is 3.03. The first kappa shape index (κ1) is 16.5. The summed E-state index contributed by atoms with van der Waals surface area (Å²) in [6.07, 6.45) is 3.80. The second-order valence-electron chi connectivity index (χ2n) is 4.89. The van der Waals surface area contributed by atoms with Gasteiger partial charge in [0.25, 0.3) is 0 Å². The van der Waals surface area contributed by atoms with Crippen molar-refractivity contribution in [1.82, 2.24) is 0 Å². The fourth-order valence-electron chi connectivity index (χ4n) is 2.10. The van der Waals surface area contributed by atoms with Crippen molar-refractivity contribution in [2.75, 3.05) is 14.2 Å². The number of allylic oxidation sites excluding steroid dienone is 3. The minimum Gasteiger partial charge on any atom is -0.497 e. The predicted octanol–water partition coefficient (Wildman–Crippen LogP) is 1.93. The fraction of sp³-hybridized carbons (Fsp3) is 0.235. The van der Waals surface area contributed by atoms with Crippen molar-refractivity contribution in [3.63, 3.8) is 0 Å². The largest absolute Gasteiger partial charge is 0.497 e. The van der Waals surface area contributed by atoms with Crippen LogP contribution in [0.4, 0.5) is 0 Å². The van der Waals surface area contributed by atoms with Crippen LogP contribution in [0.5, 0.6) is 11.5 Å². The lowest BCUT2D eigenvalue weighted by molar-refractivity contribution is -0.151. The molecule has 6 heteroatoms. The Hall–Kier alpha value is -2.89. The van der Waals surface area contributed by atoms with E-state index in [1.165, 1.54) is 33.3 Å². The third-order valence-corrected chi connectivity index (χ3v) is 3.23. The number of methoxy groups -OCH3 is 2. The van der Waals surface area contributed by atoms with Gasteiger partial charge in [-0.1, -0.05) is 6.08 Å². The van der Waals surface area contributed by atoms with E-state index >= 15 is 0 Å². The van der Waals surface area contributed by atoms with Gasteiger partial charge in [-0.05, 0) is 30.7 Å². The van der Waals surface area contributed by atoms with E-state index < -0.39 is 23.5 Å². The molecule has 0 N–H and O–H groups in total. The molecule has 23 heavy (non-hydrogen) atoms. The number of carbonyl (C=O) groups is 3. The minimum atomic E-state index is -1.44. The molecule has 1 aliphatic heterocycles. The standard InChI is InChI=1S/C17H16O6/c1-10-6-15(19)16(17(20)23-10)14(18)5-4-11-7-12(21-2)9-13(8-11)22-3/h4-9,16H,1-3H3/b5-4+/t16-/m0/s1. The highest BCUT2D eigenvalue weighted by Crippen LogP contribution is 2.23.